The Morgan fingerprint density at radius 2 is 1.71 bits per heavy atom. The number of aromatic amines is 1. The van der Waals surface area contributed by atoms with Crippen LogP contribution in [0.25, 0.3) is 34.2 Å². The summed E-state index contributed by atoms with van der Waals surface area (Å²) in [5.41, 5.74) is 2.95. The SMILES string of the molecule is Cc1[nH]c(-c2ccc(-c3cccc(C(F)(F)C4CCC4)c3)o2)nc1-c1ccc(F)cc1. The van der Waals surface area contributed by atoms with Crippen LogP contribution in [0.5, 0.6) is 0 Å². The highest BCUT2D eigenvalue weighted by Crippen LogP contribution is 2.47. The Morgan fingerprint density at radius 3 is 2.42 bits per heavy atom. The number of nitrogens with zero attached hydrogens (tertiary/aromatic N) is 1. The zero-order chi connectivity index (χ0) is 21.6. The van der Waals surface area contributed by atoms with Crippen molar-refractivity contribution >= 4 is 0 Å². The Hall–Kier alpha value is -3.28. The summed E-state index contributed by atoms with van der Waals surface area (Å²) in [6, 6.07) is 16.0. The monoisotopic (exact) mass is 422 g/mol. The van der Waals surface area contributed by atoms with E-state index < -0.39 is 11.8 Å². The fraction of sp³-hybridized carbons (Fsp3) is 0.240. The lowest BCUT2D eigenvalue weighted by molar-refractivity contribution is -0.0942. The molecular weight excluding hydrogens is 401 g/mol. The fourth-order valence-corrected chi connectivity index (χ4v) is 3.97. The zero-order valence-electron chi connectivity index (χ0n) is 17.0. The van der Waals surface area contributed by atoms with Crippen molar-refractivity contribution in [3.05, 3.63) is 77.7 Å². The van der Waals surface area contributed by atoms with Crippen LogP contribution in [-0.2, 0) is 5.92 Å². The molecule has 158 valence electrons. The van der Waals surface area contributed by atoms with Gasteiger partial charge in [-0.25, -0.2) is 18.2 Å². The first-order chi connectivity index (χ1) is 14.9. The highest BCUT2D eigenvalue weighted by Gasteiger charge is 2.44. The maximum atomic E-state index is 14.7. The molecule has 1 aliphatic carbocycles. The van der Waals surface area contributed by atoms with Crippen molar-refractivity contribution in [3.8, 4) is 34.2 Å². The quantitative estimate of drug-likeness (QED) is 0.365. The molecule has 2 heterocycles. The Labute approximate surface area is 178 Å². The summed E-state index contributed by atoms with van der Waals surface area (Å²) in [4.78, 5) is 7.78. The van der Waals surface area contributed by atoms with Crippen molar-refractivity contribution < 1.29 is 17.6 Å². The predicted molar refractivity (Wildman–Crippen MR) is 113 cm³/mol. The first kappa shape index (κ1) is 19.7. The number of alkyl halides is 2. The van der Waals surface area contributed by atoms with Gasteiger partial charge in [0.05, 0.1) is 5.69 Å². The normalized spacial score (nSPS) is 14.6. The number of hydrogen-bond donors (Lipinski definition) is 1. The highest BCUT2D eigenvalue weighted by atomic mass is 19.3. The lowest BCUT2D eigenvalue weighted by Gasteiger charge is -2.33. The number of benzene rings is 2. The predicted octanol–water partition coefficient (Wildman–Crippen LogP) is 7.34. The number of halogens is 3. The van der Waals surface area contributed by atoms with Crippen LogP contribution in [0.15, 0.2) is 65.1 Å². The molecule has 1 N–H and O–H groups in total. The van der Waals surface area contributed by atoms with Crippen LogP contribution in [0.4, 0.5) is 13.2 Å². The third-order valence-electron chi connectivity index (χ3n) is 5.99. The minimum Gasteiger partial charge on any atom is -0.453 e. The van der Waals surface area contributed by atoms with E-state index in [2.05, 4.69) is 9.97 Å². The highest BCUT2D eigenvalue weighted by molar-refractivity contribution is 5.67. The molecule has 31 heavy (non-hydrogen) atoms. The second-order valence-electron chi connectivity index (χ2n) is 8.06. The minimum absolute atomic E-state index is 0.0279. The number of rotatable bonds is 5. The topological polar surface area (TPSA) is 41.8 Å². The molecule has 0 amide bonds. The van der Waals surface area contributed by atoms with E-state index in [0.717, 1.165) is 17.7 Å². The van der Waals surface area contributed by atoms with Gasteiger partial charge in [-0.2, -0.15) is 0 Å². The van der Waals surface area contributed by atoms with Gasteiger partial charge in [0.1, 0.15) is 11.6 Å². The van der Waals surface area contributed by atoms with Crippen LogP contribution in [0, 0.1) is 18.7 Å². The summed E-state index contributed by atoms with van der Waals surface area (Å²) in [6.07, 6.45) is 2.00. The van der Waals surface area contributed by atoms with Crippen LogP contribution in [0.2, 0.25) is 0 Å². The second-order valence-corrected chi connectivity index (χ2v) is 8.06. The Morgan fingerprint density at radius 1 is 0.968 bits per heavy atom. The van der Waals surface area contributed by atoms with Gasteiger partial charge < -0.3 is 9.40 Å². The molecule has 0 spiro atoms. The molecule has 6 heteroatoms. The summed E-state index contributed by atoms with van der Waals surface area (Å²) in [5, 5.41) is 0. The average molecular weight is 422 g/mol. The number of nitrogens with one attached hydrogen (secondary N) is 1. The van der Waals surface area contributed by atoms with Crippen LogP contribution < -0.4 is 0 Å². The molecule has 2 aromatic carbocycles. The van der Waals surface area contributed by atoms with Crippen molar-refractivity contribution in [2.24, 2.45) is 5.92 Å². The summed E-state index contributed by atoms with van der Waals surface area (Å²) >= 11 is 0. The van der Waals surface area contributed by atoms with E-state index >= 15 is 0 Å². The van der Waals surface area contributed by atoms with E-state index in [-0.39, 0.29) is 11.4 Å². The van der Waals surface area contributed by atoms with Gasteiger partial charge in [0.2, 0.25) is 0 Å². The summed E-state index contributed by atoms with van der Waals surface area (Å²) < 4.78 is 48.6. The molecule has 0 atom stereocenters. The molecule has 0 unspecified atom stereocenters. The van der Waals surface area contributed by atoms with Crippen LogP contribution >= 0.6 is 0 Å². The Kier molecular flexibility index (Phi) is 4.73. The van der Waals surface area contributed by atoms with E-state index in [4.69, 9.17) is 4.42 Å². The van der Waals surface area contributed by atoms with E-state index in [1.54, 1.807) is 36.4 Å². The van der Waals surface area contributed by atoms with Crippen LogP contribution in [0.1, 0.15) is 30.5 Å². The van der Waals surface area contributed by atoms with Crippen LogP contribution in [0.3, 0.4) is 0 Å². The largest absolute Gasteiger partial charge is 0.453 e. The molecule has 0 radical (unpaired) electrons. The van der Waals surface area contributed by atoms with Gasteiger partial charge in [0.15, 0.2) is 11.6 Å². The van der Waals surface area contributed by atoms with E-state index in [9.17, 15) is 13.2 Å². The van der Waals surface area contributed by atoms with Gasteiger partial charge in [-0.1, -0.05) is 24.6 Å². The smallest absolute Gasteiger partial charge is 0.276 e. The van der Waals surface area contributed by atoms with E-state index in [0.29, 0.717) is 41.4 Å². The summed E-state index contributed by atoms with van der Waals surface area (Å²) in [7, 11) is 0. The van der Waals surface area contributed by atoms with Gasteiger partial charge >= 0.3 is 0 Å². The van der Waals surface area contributed by atoms with Crippen molar-refractivity contribution in [1.29, 1.82) is 0 Å². The minimum atomic E-state index is -2.83. The lowest BCUT2D eigenvalue weighted by Crippen LogP contribution is -2.31. The third-order valence-corrected chi connectivity index (χ3v) is 5.99. The van der Waals surface area contributed by atoms with Gasteiger partial charge in [-0.05, 0) is 62.2 Å². The van der Waals surface area contributed by atoms with Crippen molar-refractivity contribution in [2.45, 2.75) is 32.1 Å². The molecule has 0 bridgehead atoms. The molecule has 2 aromatic heterocycles. The molecule has 4 aromatic rings. The number of imidazole rings is 1. The van der Waals surface area contributed by atoms with Gasteiger partial charge in [-0.15, -0.1) is 0 Å². The Balaban J connectivity index is 1.44. The maximum absolute atomic E-state index is 14.7. The average Bonchev–Trinajstić information content (AvgIpc) is 3.34. The standard InChI is InChI=1S/C25H21F3N2O/c1-15-23(16-8-10-20(26)11-9-16)30-24(29-15)22-13-12-21(31-22)17-4-2-7-19(14-17)25(27,28)18-5-3-6-18/h2,4,7-14,18H,3,5-6H2,1H3,(H,29,30). The van der Waals surface area contributed by atoms with Gasteiger partial charge in [0.25, 0.3) is 5.92 Å². The molecular formula is C25H21F3N2O. The fourth-order valence-electron chi connectivity index (χ4n) is 3.97. The third kappa shape index (κ3) is 3.56. The van der Waals surface area contributed by atoms with Crippen LogP contribution in [-0.4, -0.2) is 9.97 Å². The molecule has 1 fully saturated rings. The first-order valence-electron chi connectivity index (χ1n) is 10.3. The Bertz CT molecular complexity index is 1220. The number of furan rings is 1. The zero-order valence-corrected chi connectivity index (χ0v) is 17.0. The number of aryl methyl sites for hydroxylation is 1. The molecule has 5 rings (SSSR count). The molecule has 1 aliphatic rings. The number of hydrogen-bond acceptors (Lipinski definition) is 2. The number of H-pyrrole nitrogens is 1. The molecule has 1 saturated carbocycles. The molecule has 3 nitrogen and oxygen atoms in total. The molecule has 0 saturated heterocycles. The number of aromatic nitrogens is 2. The van der Waals surface area contributed by atoms with Gasteiger partial charge in [-0.3, -0.25) is 0 Å². The molecule has 0 aliphatic heterocycles. The first-order valence-corrected chi connectivity index (χ1v) is 10.3. The van der Waals surface area contributed by atoms with Crippen molar-refractivity contribution in [3.63, 3.8) is 0 Å². The maximum Gasteiger partial charge on any atom is 0.276 e. The van der Waals surface area contributed by atoms with Crippen molar-refractivity contribution in [2.75, 3.05) is 0 Å². The summed E-state index contributed by atoms with van der Waals surface area (Å²) in [6.45, 7) is 1.88. The summed E-state index contributed by atoms with van der Waals surface area (Å²) in [5.74, 6) is -2.18. The van der Waals surface area contributed by atoms with Gasteiger partial charge in [0, 0.05) is 28.3 Å². The van der Waals surface area contributed by atoms with E-state index in [1.807, 2.05) is 6.92 Å². The van der Waals surface area contributed by atoms with E-state index in [1.165, 1.54) is 24.3 Å². The second kappa shape index (κ2) is 7.45. The lowest BCUT2D eigenvalue weighted by atomic mass is 9.78. The van der Waals surface area contributed by atoms with Crippen molar-refractivity contribution in [1.82, 2.24) is 9.97 Å².